The van der Waals surface area contributed by atoms with Gasteiger partial charge in [-0.2, -0.15) is 4.98 Å². The molecule has 0 saturated carbocycles. The fraction of sp³-hybridized carbons (Fsp3) is 0.125. The summed E-state index contributed by atoms with van der Waals surface area (Å²) in [7, 11) is 0. The number of aromatic nitrogens is 2. The van der Waals surface area contributed by atoms with Gasteiger partial charge in [0.05, 0.1) is 23.0 Å². The molecule has 8 heteroatoms. The standard InChI is InChI=1S/C24H19ClN4OS2/c1-15-20(23-27-22(28-30-23)19-12-7-13-32-19)21(16-8-3-2-4-9-16)26-24(31)29(15)14-17-10-5-6-11-18(17)25/h2-13,21H,14H2,1H3,(H,26,31). The van der Waals surface area contributed by atoms with Gasteiger partial charge in [0.15, 0.2) is 5.11 Å². The molecule has 1 aliphatic heterocycles. The van der Waals surface area contributed by atoms with Crippen molar-refractivity contribution in [1.82, 2.24) is 20.4 Å². The molecule has 0 fully saturated rings. The smallest absolute Gasteiger partial charge is 0.258 e. The van der Waals surface area contributed by atoms with Crippen LogP contribution in [-0.2, 0) is 6.54 Å². The summed E-state index contributed by atoms with van der Waals surface area (Å²) >= 11 is 13.8. The van der Waals surface area contributed by atoms with Crippen molar-refractivity contribution >= 4 is 45.8 Å². The largest absolute Gasteiger partial charge is 0.351 e. The molecule has 1 atom stereocenters. The first-order chi connectivity index (χ1) is 15.6. The van der Waals surface area contributed by atoms with Crippen molar-refractivity contribution in [3.8, 4) is 10.7 Å². The molecule has 0 spiro atoms. The van der Waals surface area contributed by atoms with Gasteiger partial charge in [-0.15, -0.1) is 11.3 Å². The van der Waals surface area contributed by atoms with E-state index in [0.29, 0.717) is 28.4 Å². The third kappa shape index (κ3) is 3.95. The molecule has 1 N–H and O–H groups in total. The molecular formula is C24H19ClN4OS2. The molecule has 1 aliphatic rings. The van der Waals surface area contributed by atoms with Crippen LogP contribution in [0.25, 0.3) is 16.3 Å². The minimum atomic E-state index is -0.206. The van der Waals surface area contributed by atoms with E-state index in [2.05, 4.69) is 22.6 Å². The lowest BCUT2D eigenvalue weighted by Gasteiger charge is -2.37. The second kappa shape index (κ2) is 8.86. The quantitative estimate of drug-likeness (QED) is 0.339. The molecular weight excluding hydrogens is 460 g/mol. The number of allylic oxidation sites excluding steroid dienone is 1. The molecule has 0 amide bonds. The molecule has 0 aliphatic carbocycles. The van der Waals surface area contributed by atoms with Crippen LogP contribution in [0.4, 0.5) is 0 Å². The Labute approximate surface area is 200 Å². The zero-order chi connectivity index (χ0) is 22.1. The molecule has 0 bridgehead atoms. The van der Waals surface area contributed by atoms with Gasteiger partial charge < -0.3 is 14.7 Å². The number of rotatable bonds is 5. The summed E-state index contributed by atoms with van der Waals surface area (Å²) in [6.45, 7) is 2.57. The number of thiocarbonyl (C=S) groups is 1. The maximum Gasteiger partial charge on any atom is 0.258 e. The van der Waals surface area contributed by atoms with Crippen molar-refractivity contribution in [2.45, 2.75) is 19.5 Å². The van der Waals surface area contributed by atoms with Gasteiger partial charge in [0.1, 0.15) is 0 Å². The van der Waals surface area contributed by atoms with Gasteiger partial charge in [-0.1, -0.05) is 71.4 Å². The highest BCUT2D eigenvalue weighted by atomic mass is 35.5. The number of hydrogen-bond acceptors (Lipinski definition) is 5. The number of nitrogens with one attached hydrogen (secondary N) is 1. The second-order valence-electron chi connectivity index (χ2n) is 7.37. The van der Waals surface area contributed by atoms with Crippen LogP contribution in [-0.4, -0.2) is 20.2 Å². The first-order valence-electron chi connectivity index (χ1n) is 10.1. The van der Waals surface area contributed by atoms with E-state index in [1.54, 1.807) is 11.3 Å². The van der Waals surface area contributed by atoms with Crippen LogP contribution < -0.4 is 5.32 Å². The molecule has 32 heavy (non-hydrogen) atoms. The minimum absolute atomic E-state index is 0.206. The van der Waals surface area contributed by atoms with Gasteiger partial charge >= 0.3 is 0 Å². The Bertz CT molecular complexity index is 1280. The Kier molecular flexibility index (Phi) is 5.78. The van der Waals surface area contributed by atoms with Crippen LogP contribution in [0.2, 0.25) is 5.02 Å². The van der Waals surface area contributed by atoms with Gasteiger partial charge in [0.25, 0.3) is 5.89 Å². The normalized spacial score (nSPS) is 16.4. The lowest BCUT2D eigenvalue weighted by molar-refractivity contribution is 0.396. The van der Waals surface area contributed by atoms with Crippen LogP contribution in [0.3, 0.4) is 0 Å². The van der Waals surface area contributed by atoms with E-state index in [9.17, 15) is 0 Å². The van der Waals surface area contributed by atoms with Crippen LogP contribution in [0.1, 0.15) is 30.0 Å². The number of hydrogen-bond donors (Lipinski definition) is 1. The average molecular weight is 479 g/mol. The maximum absolute atomic E-state index is 6.43. The highest BCUT2D eigenvalue weighted by Crippen LogP contribution is 2.38. The number of thiophene rings is 1. The highest BCUT2D eigenvalue weighted by Gasteiger charge is 2.34. The van der Waals surface area contributed by atoms with E-state index in [1.165, 1.54) is 0 Å². The predicted molar refractivity (Wildman–Crippen MR) is 132 cm³/mol. The maximum atomic E-state index is 6.43. The predicted octanol–water partition coefficient (Wildman–Crippen LogP) is 6.31. The second-order valence-corrected chi connectivity index (χ2v) is 9.11. The molecule has 2 aromatic carbocycles. The Morgan fingerprint density at radius 1 is 1.09 bits per heavy atom. The summed E-state index contributed by atoms with van der Waals surface area (Å²) in [5.74, 6) is 1.05. The van der Waals surface area contributed by atoms with Crippen molar-refractivity contribution in [2.24, 2.45) is 0 Å². The highest BCUT2D eigenvalue weighted by molar-refractivity contribution is 7.80. The zero-order valence-electron chi connectivity index (χ0n) is 17.2. The fourth-order valence-corrected chi connectivity index (χ4v) is 4.94. The van der Waals surface area contributed by atoms with Gasteiger partial charge in [-0.05, 0) is 47.8 Å². The molecule has 0 radical (unpaired) electrons. The van der Waals surface area contributed by atoms with E-state index >= 15 is 0 Å². The van der Waals surface area contributed by atoms with Crippen molar-refractivity contribution in [1.29, 1.82) is 0 Å². The first-order valence-corrected chi connectivity index (χ1v) is 11.7. The third-order valence-electron chi connectivity index (χ3n) is 5.41. The molecule has 1 unspecified atom stereocenters. The van der Waals surface area contributed by atoms with E-state index in [0.717, 1.165) is 27.3 Å². The first kappa shape index (κ1) is 20.9. The summed E-state index contributed by atoms with van der Waals surface area (Å²) in [5, 5.41) is 11.0. The van der Waals surface area contributed by atoms with E-state index in [4.69, 9.17) is 33.3 Å². The molecule has 160 valence electrons. The van der Waals surface area contributed by atoms with E-state index in [1.807, 2.05) is 71.8 Å². The number of halogens is 1. The fourth-order valence-electron chi connectivity index (χ4n) is 3.78. The Morgan fingerprint density at radius 3 is 2.62 bits per heavy atom. The SMILES string of the molecule is CC1=C(c2nc(-c3cccs3)no2)C(c2ccccc2)NC(=S)N1Cc1ccccc1Cl. The van der Waals surface area contributed by atoms with Crippen molar-refractivity contribution in [2.75, 3.05) is 0 Å². The van der Waals surface area contributed by atoms with Gasteiger partial charge in [-0.25, -0.2) is 0 Å². The lowest BCUT2D eigenvalue weighted by Crippen LogP contribution is -2.45. The number of benzene rings is 2. The average Bonchev–Trinajstić information content (AvgIpc) is 3.50. The molecule has 5 nitrogen and oxygen atoms in total. The molecule has 2 aromatic heterocycles. The minimum Gasteiger partial charge on any atom is -0.351 e. The van der Waals surface area contributed by atoms with Crippen LogP contribution in [0.5, 0.6) is 0 Å². The Hall–Kier alpha value is -3.00. The Morgan fingerprint density at radius 2 is 1.88 bits per heavy atom. The molecule has 0 saturated heterocycles. The zero-order valence-corrected chi connectivity index (χ0v) is 19.5. The van der Waals surface area contributed by atoms with E-state index in [-0.39, 0.29) is 6.04 Å². The summed E-state index contributed by atoms with van der Waals surface area (Å²) in [4.78, 5) is 7.71. The Balaban J connectivity index is 1.61. The summed E-state index contributed by atoms with van der Waals surface area (Å²) in [6, 6.07) is 21.7. The van der Waals surface area contributed by atoms with Crippen molar-refractivity contribution < 1.29 is 4.52 Å². The van der Waals surface area contributed by atoms with Crippen LogP contribution in [0, 0.1) is 0 Å². The van der Waals surface area contributed by atoms with Gasteiger partial charge in [0.2, 0.25) is 5.82 Å². The summed E-state index contributed by atoms with van der Waals surface area (Å²) in [6.07, 6.45) is 0. The molecule has 3 heterocycles. The van der Waals surface area contributed by atoms with Crippen molar-refractivity contribution in [3.05, 3.63) is 99.8 Å². The number of nitrogens with zero attached hydrogens (tertiary/aromatic N) is 3. The lowest BCUT2D eigenvalue weighted by atomic mass is 9.94. The van der Waals surface area contributed by atoms with E-state index < -0.39 is 0 Å². The topological polar surface area (TPSA) is 54.2 Å². The van der Waals surface area contributed by atoms with Crippen LogP contribution >= 0.6 is 35.2 Å². The molecule has 5 rings (SSSR count). The van der Waals surface area contributed by atoms with Gasteiger partial charge in [-0.3, -0.25) is 0 Å². The van der Waals surface area contributed by atoms with Crippen molar-refractivity contribution in [3.63, 3.8) is 0 Å². The monoisotopic (exact) mass is 478 g/mol. The molecule has 4 aromatic rings. The third-order valence-corrected chi connectivity index (χ3v) is 6.99. The van der Waals surface area contributed by atoms with Crippen LogP contribution in [0.15, 0.2) is 82.3 Å². The summed E-state index contributed by atoms with van der Waals surface area (Å²) < 4.78 is 5.76. The van der Waals surface area contributed by atoms with Gasteiger partial charge in [0, 0.05) is 10.7 Å². The summed E-state index contributed by atoms with van der Waals surface area (Å²) in [5.41, 5.74) is 3.90.